The molecule has 0 saturated carbocycles. The SMILES string of the molecule is CN=C(NCCCc1cnn(C)c1)NCCC(C)C.I. The van der Waals surface area contributed by atoms with Gasteiger partial charge in [0, 0.05) is 33.4 Å². The van der Waals surface area contributed by atoms with Crippen molar-refractivity contribution < 1.29 is 0 Å². The van der Waals surface area contributed by atoms with E-state index < -0.39 is 0 Å². The number of guanidine groups is 1. The molecule has 0 fully saturated rings. The molecule has 0 radical (unpaired) electrons. The van der Waals surface area contributed by atoms with Crippen LogP contribution >= 0.6 is 24.0 Å². The normalized spacial score (nSPS) is 11.3. The molecule has 6 heteroatoms. The lowest BCUT2D eigenvalue weighted by Crippen LogP contribution is -2.38. The first kappa shape index (κ1) is 19.2. The summed E-state index contributed by atoms with van der Waals surface area (Å²) in [6, 6.07) is 0. The van der Waals surface area contributed by atoms with Crippen LogP contribution in [-0.4, -0.2) is 35.9 Å². The third-order valence-corrected chi connectivity index (χ3v) is 2.93. The van der Waals surface area contributed by atoms with Gasteiger partial charge in [-0.15, -0.1) is 24.0 Å². The molecule has 0 aliphatic carbocycles. The number of hydrogen-bond donors (Lipinski definition) is 2. The molecule has 1 heterocycles. The van der Waals surface area contributed by atoms with Gasteiger partial charge in [0.2, 0.25) is 0 Å². The molecule has 2 N–H and O–H groups in total. The maximum Gasteiger partial charge on any atom is 0.190 e. The molecule has 20 heavy (non-hydrogen) atoms. The van der Waals surface area contributed by atoms with E-state index >= 15 is 0 Å². The summed E-state index contributed by atoms with van der Waals surface area (Å²) in [5.74, 6) is 1.61. The highest BCUT2D eigenvalue weighted by atomic mass is 127. The number of nitrogens with zero attached hydrogens (tertiary/aromatic N) is 3. The number of aryl methyl sites for hydroxylation is 2. The molecule has 0 saturated heterocycles. The Morgan fingerprint density at radius 3 is 2.60 bits per heavy atom. The summed E-state index contributed by atoms with van der Waals surface area (Å²) in [4.78, 5) is 4.21. The molecule has 0 aliphatic heterocycles. The minimum atomic E-state index is 0. The predicted molar refractivity (Wildman–Crippen MR) is 95.8 cm³/mol. The molecule has 1 aromatic rings. The van der Waals surface area contributed by atoms with Gasteiger partial charge in [-0.05, 0) is 30.7 Å². The predicted octanol–water partition coefficient (Wildman–Crippen LogP) is 2.18. The largest absolute Gasteiger partial charge is 0.356 e. The highest BCUT2D eigenvalue weighted by Crippen LogP contribution is 2.00. The van der Waals surface area contributed by atoms with Crippen LogP contribution in [-0.2, 0) is 13.5 Å². The van der Waals surface area contributed by atoms with Gasteiger partial charge in [0.15, 0.2) is 5.96 Å². The fourth-order valence-electron chi connectivity index (χ4n) is 1.80. The molecular weight excluding hydrogens is 365 g/mol. The molecule has 0 bridgehead atoms. The number of aliphatic imine (C=N–C) groups is 1. The van der Waals surface area contributed by atoms with E-state index in [4.69, 9.17) is 0 Å². The third kappa shape index (κ3) is 8.39. The first-order chi connectivity index (χ1) is 9.11. The molecule has 1 aromatic heterocycles. The maximum absolute atomic E-state index is 4.21. The van der Waals surface area contributed by atoms with Crippen molar-refractivity contribution in [2.45, 2.75) is 33.1 Å². The van der Waals surface area contributed by atoms with Gasteiger partial charge in [-0.1, -0.05) is 13.8 Å². The Balaban J connectivity index is 0.00000361. The third-order valence-electron chi connectivity index (χ3n) is 2.93. The highest BCUT2D eigenvalue weighted by molar-refractivity contribution is 14.0. The zero-order valence-electron chi connectivity index (χ0n) is 13.0. The van der Waals surface area contributed by atoms with Gasteiger partial charge in [-0.25, -0.2) is 0 Å². The van der Waals surface area contributed by atoms with Crippen LogP contribution in [0.15, 0.2) is 17.4 Å². The van der Waals surface area contributed by atoms with Gasteiger partial charge < -0.3 is 10.6 Å². The van der Waals surface area contributed by atoms with E-state index in [0.29, 0.717) is 0 Å². The zero-order valence-corrected chi connectivity index (χ0v) is 15.3. The Labute approximate surface area is 139 Å². The second kappa shape index (κ2) is 10.9. The van der Waals surface area contributed by atoms with Crippen molar-refractivity contribution in [2.75, 3.05) is 20.1 Å². The Hall–Kier alpha value is -0.790. The zero-order chi connectivity index (χ0) is 14.1. The molecule has 0 spiro atoms. The van der Waals surface area contributed by atoms with Gasteiger partial charge in [0.05, 0.1) is 6.20 Å². The maximum atomic E-state index is 4.21. The van der Waals surface area contributed by atoms with E-state index in [-0.39, 0.29) is 24.0 Å². The lowest BCUT2D eigenvalue weighted by molar-refractivity contribution is 0.573. The van der Waals surface area contributed by atoms with Gasteiger partial charge in [-0.2, -0.15) is 5.10 Å². The number of aromatic nitrogens is 2. The number of hydrogen-bond acceptors (Lipinski definition) is 2. The minimum Gasteiger partial charge on any atom is -0.356 e. The van der Waals surface area contributed by atoms with Crippen LogP contribution in [0.25, 0.3) is 0 Å². The Morgan fingerprint density at radius 2 is 2.05 bits per heavy atom. The van der Waals surface area contributed by atoms with Gasteiger partial charge in [-0.3, -0.25) is 9.67 Å². The first-order valence-corrected chi connectivity index (χ1v) is 7.04. The summed E-state index contributed by atoms with van der Waals surface area (Å²) >= 11 is 0. The standard InChI is InChI=1S/C14H27N5.HI/c1-12(2)7-9-17-14(15-3)16-8-5-6-13-10-18-19(4)11-13;/h10-12H,5-9H2,1-4H3,(H2,15,16,17);1H. The molecular formula is C14H28IN5. The molecule has 0 aromatic carbocycles. The number of rotatable bonds is 7. The van der Waals surface area contributed by atoms with E-state index in [1.807, 2.05) is 25.0 Å². The Morgan fingerprint density at radius 1 is 1.35 bits per heavy atom. The fourth-order valence-corrected chi connectivity index (χ4v) is 1.80. The Kier molecular flexibility index (Phi) is 10.5. The molecule has 0 aliphatic rings. The molecule has 5 nitrogen and oxygen atoms in total. The summed E-state index contributed by atoms with van der Waals surface area (Å²) in [5.41, 5.74) is 1.28. The number of halogens is 1. The molecule has 0 amide bonds. The van der Waals surface area contributed by atoms with Crippen LogP contribution in [0.5, 0.6) is 0 Å². The first-order valence-electron chi connectivity index (χ1n) is 7.04. The van der Waals surface area contributed by atoms with Crippen molar-refractivity contribution in [3.63, 3.8) is 0 Å². The van der Waals surface area contributed by atoms with Crippen molar-refractivity contribution in [3.05, 3.63) is 18.0 Å². The van der Waals surface area contributed by atoms with E-state index in [1.165, 1.54) is 5.56 Å². The minimum absolute atomic E-state index is 0. The molecule has 1 rings (SSSR count). The summed E-state index contributed by atoms with van der Waals surface area (Å²) in [6.45, 7) is 6.35. The fraction of sp³-hybridized carbons (Fsp3) is 0.714. The highest BCUT2D eigenvalue weighted by Gasteiger charge is 1.99. The van der Waals surface area contributed by atoms with Crippen LogP contribution in [0.2, 0.25) is 0 Å². The van der Waals surface area contributed by atoms with Crippen LogP contribution in [0.4, 0.5) is 0 Å². The molecule has 116 valence electrons. The second-order valence-corrected chi connectivity index (χ2v) is 5.23. The smallest absolute Gasteiger partial charge is 0.190 e. The van der Waals surface area contributed by atoms with Crippen LogP contribution in [0, 0.1) is 5.92 Å². The van der Waals surface area contributed by atoms with Crippen LogP contribution in [0.3, 0.4) is 0 Å². The van der Waals surface area contributed by atoms with E-state index in [9.17, 15) is 0 Å². The lowest BCUT2D eigenvalue weighted by atomic mass is 10.1. The van der Waals surface area contributed by atoms with Crippen LogP contribution in [0.1, 0.15) is 32.3 Å². The monoisotopic (exact) mass is 393 g/mol. The quantitative estimate of drug-likeness (QED) is 0.323. The summed E-state index contributed by atoms with van der Waals surface area (Å²) in [7, 11) is 3.76. The van der Waals surface area contributed by atoms with Crippen LogP contribution < -0.4 is 10.6 Å². The summed E-state index contributed by atoms with van der Waals surface area (Å²) in [5, 5.41) is 10.8. The molecule has 0 atom stereocenters. The van der Waals surface area contributed by atoms with E-state index in [2.05, 4.69) is 40.8 Å². The average molecular weight is 393 g/mol. The van der Waals surface area contributed by atoms with Gasteiger partial charge in [0.25, 0.3) is 0 Å². The van der Waals surface area contributed by atoms with Crippen molar-refractivity contribution in [2.24, 2.45) is 18.0 Å². The number of nitrogens with one attached hydrogen (secondary N) is 2. The van der Waals surface area contributed by atoms with E-state index in [0.717, 1.165) is 44.2 Å². The topological polar surface area (TPSA) is 54.2 Å². The van der Waals surface area contributed by atoms with Crippen molar-refractivity contribution >= 4 is 29.9 Å². The van der Waals surface area contributed by atoms with Crippen molar-refractivity contribution in [3.8, 4) is 0 Å². The summed E-state index contributed by atoms with van der Waals surface area (Å²) < 4.78 is 1.84. The second-order valence-electron chi connectivity index (χ2n) is 5.23. The van der Waals surface area contributed by atoms with Gasteiger partial charge in [0.1, 0.15) is 0 Å². The van der Waals surface area contributed by atoms with E-state index in [1.54, 1.807) is 0 Å². The van der Waals surface area contributed by atoms with Crippen molar-refractivity contribution in [1.29, 1.82) is 0 Å². The lowest BCUT2D eigenvalue weighted by Gasteiger charge is -2.12. The summed E-state index contributed by atoms with van der Waals surface area (Å²) in [6.07, 6.45) is 7.28. The Bertz CT molecular complexity index is 387. The van der Waals surface area contributed by atoms with Crippen molar-refractivity contribution in [1.82, 2.24) is 20.4 Å². The average Bonchev–Trinajstić information content (AvgIpc) is 2.77. The van der Waals surface area contributed by atoms with Gasteiger partial charge >= 0.3 is 0 Å². The molecule has 0 unspecified atom stereocenters.